The lowest BCUT2D eigenvalue weighted by atomic mass is 10.2. The zero-order valence-corrected chi connectivity index (χ0v) is 10.9. The van der Waals surface area contributed by atoms with Crippen molar-refractivity contribution in [1.29, 1.82) is 0 Å². The van der Waals surface area contributed by atoms with E-state index in [1.54, 1.807) is 18.2 Å². The van der Waals surface area contributed by atoms with Gasteiger partial charge in [0.2, 0.25) is 5.76 Å². The fraction of sp³-hybridized carbons (Fsp3) is 0.0714. The number of carbonyl (C=O) groups is 1. The topological polar surface area (TPSA) is 62.3 Å². The third-order valence-electron chi connectivity index (χ3n) is 2.56. The van der Waals surface area contributed by atoms with E-state index in [-0.39, 0.29) is 5.76 Å². The SMILES string of the molecule is CO/C(=C/C=C/c1cc2cc(Cl)ccc2[nH]1)C(=O)O. The van der Waals surface area contributed by atoms with E-state index < -0.39 is 5.97 Å². The van der Waals surface area contributed by atoms with Crippen molar-refractivity contribution in [3.63, 3.8) is 0 Å². The van der Waals surface area contributed by atoms with Gasteiger partial charge in [0, 0.05) is 21.6 Å². The molecule has 2 N–H and O–H groups in total. The van der Waals surface area contributed by atoms with Gasteiger partial charge in [0.15, 0.2) is 0 Å². The fourth-order valence-electron chi connectivity index (χ4n) is 1.68. The molecule has 1 aromatic heterocycles. The smallest absolute Gasteiger partial charge is 0.371 e. The van der Waals surface area contributed by atoms with Gasteiger partial charge in [-0.05, 0) is 36.4 Å². The molecule has 0 spiro atoms. The van der Waals surface area contributed by atoms with Gasteiger partial charge >= 0.3 is 5.97 Å². The van der Waals surface area contributed by atoms with Crippen LogP contribution in [0.3, 0.4) is 0 Å². The molecule has 2 aromatic rings. The minimum atomic E-state index is -1.10. The van der Waals surface area contributed by atoms with Gasteiger partial charge in [-0.15, -0.1) is 0 Å². The van der Waals surface area contributed by atoms with Crippen LogP contribution < -0.4 is 0 Å². The van der Waals surface area contributed by atoms with E-state index in [1.165, 1.54) is 13.2 Å². The number of halogens is 1. The van der Waals surface area contributed by atoms with E-state index in [0.717, 1.165) is 16.6 Å². The van der Waals surface area contributed by atoms with E-state index in [2.05, 4.69) is 4.98 Å². The number of nitrogens with one attached hydrogen (secondary N) is 1. The summed E-state index contributed by atoms with van der Waals surface area (Å²) < 4.78 is 4.71. The molecular weight excluding hydrogens is 266 g/mol. The predicted molar refractivity (Wildman–Crippen MR) is 75.1 cm³/mol. The number of aromatic amines is 1. The Kier molecular flexibility index (Phi) is 3.92. The summed E-state index contributed by atoms with van der Waals surface area (Å²) in [6, 6.07) is 7.49. The summed E-state index contributed by atoms with van der Waals surface area (Å²) in [6.07, 6.45) is 4.76. The number of ether oxygens (including phenoxy) is 1. The van der Waals surface area contributed by atoms with Crippen LogP contribution in [-0.2, 0) is 9.53 Å². The van der Waals surface area contributed by atoms with Crippen molar-refractivity contribution in [2.45, 2.75) is 0 Å². The van der Waals surface area contributed by atoms with E-state index in [9.17, 15) is 4.79 Å². The minimum absolute atomic E-state index is 0.115. The van der Waals surface area contributed by atoms with Crippen LogP contribution in [0.1, 0.15) is 5.69 Å². The zero-order valence-electron chi connectivity index (χ0n) is 10.2. The number of benzene rings is 1. The van der Waals surface area contributed by atoms with Gasteiger partial charge in [-0.3, -0.25) is 0 Å². The molecule has 0 amide bonds. The molecule has 0 aliphatic heterocycles. The van der Waals surface area contributed by atoms with E-state index in [1.807, 2.05) is 18.2 Å². The second-order valence-electron chi connectivity index (χ2n) is 3.86. The first-order chi connectivity index (χ1) is 9.10. The summed E-state index contributed by atoms with van der Waals surface area (Å²) >= 11 is 5.90. The number of carboxylic acids is 1. The van der Waals surface area contributed by atoms with E-state index in [4.69, 9.17) is 21.4 Å². The molecular formula is C14H12ClNO3. The minimum Gasteiger partial charge on any atom is -0.490 e. The molecule has 0 saturated carbocycles. The normalized spacial score (nSPS) is 12.2. The molecule has 0 fully saturated rings. The monoisotopic (exact) mass is 277 g/mol. The highest BCUT2D eigenvalue weighted by Crippen LogP contribution is 2.20. The summed E-state index contributed by atoms with van der Waals surface area (Å²) in [5, 5.41) is 10.4. The van der Waals surface area contributed by atoms with Crippen LogP contribution in [0.15, 0.2) is 42.2 Å². The Morgan fingerprint density at radius 3 is 2.89 bits per heavy atom. The number of rotatable bonds is 4. The van der Waals surface area contributed by atoms with E-state index >= 15 is 0 Å². The van der Waals surface area contributed by atoms with Gasteiger partial charge in [-0.25, -0.2) is 4.79 Å². The number of hydrogen-bond donors (Lipinski definition) is 2. The molecule has 1 aromatic carbocycles. The van der Waals surface area contributed by atoms with Gasteiger partial charge in [-0.2, -0.15) is 0 Å². The fourth-order valence-corrected chi connectivity index (χ4v) is 1.86. The predicted octanol–water partition coefficient (Wildman–Crippen LogP) is 3.45. The number of aromatic nitrogens is 1. The summed E-state index contributed by atoms with van der Waals surface area (Å²) in [6.45, 7) is 0. The van der Waals surface area contributed by atoms with Gasteiger partial charge in [0.1, 0.15) is 0 Å². The maximum Gasteiger partial charge on any atom is 0.371 e. The zero-order chi connectivity index (χ0) is 13.8. The van der Waals surface area contributed by atoms with Gasteiger partial charge < -0.3 is 14.8 Å². The maximum atomic E-state index is 10.7. The first kappa shape index (κ1) is 13.2. The van der Waals surface area contributed by atoms with Gasteiger partial charge in [0.05, 0.1) is 7.11 Å². The van der Waals surface area contributed by atoms with Crippen LogP contribution in [-0.4, -0.2) is 23.2 Å². The van der Waals surface area contributed by atoms with Crippen LogP contribution >= 0.6 is 11.6 Å². The van der Waals surface area contributed by atoms with Gasteiger partial charge in [-0.1, -0.05) is 17.7 Å². The first-order valence-electron chi connectivity index (χ1n) is 5.54. The highest BCUT2D eigenvalue weighted by Gasteiger charge is 2.04. The number of allylic oxidation sites excluding steroid dienone is 2. The lowest BCUT2D eigenvalue weighted by molar-refractivity contribution is -0.136. The largest absolute Gasteiger partial charge is 0.490 e. The van der Waals surface area contributed by atoms with Crippen molar-refractivity contribution in [2.24, 2.45) is 0 Å². The number of fused-ring (bicyclic) bond motifs is 1. The van der Waals surface area contributed by atoms with Gasteiger partial charge in [0.25, 0.3) is 0 Å². The van der Waals surface area contributed by atoms with Crippen LogP contribution in [0.5, 0.6) is 0 Å². The first-order valence-corrected chi connectivity index (χ1v) is 5.92. The number of H-pyrrole nitrogens is 1. The van der Waals surface area contributed by atoms with Crippen molar-refractivity contribution in [3.05, 3.63) is 52.9 Å². The second-order valence-corrected chi connectivity index (χ2v) is 4.29. The molecule has 0 aliphatic carbocycles. The molecule has 0 bridgehead atoms. The van der Waals surface area contributed by atoms with Crippen LogP contribution in [0.2, 0.25) is 5.02 Å². The molecule has 0 atom stereocenters. The molecule has 0 radical (unpaired) electrons. The Morgan fingerprint density at radius 1 is 1.42 bits per heavy atom. The van der Waals surface area contributed by atoms with Crippen LogP contribution in [0.25, 0.3) is 17.0 Å². The quantitative estimate of drug-likeness (QED) is 0.511. The summed E-state index contributed by atoms with van der Waals surface area (Å²) in [4.78, 5) is 13.9. The Balaban J connectivity index is 2.24. The van der Waals surface area contributed by atoms with Crippen LogP contribution in [0.4, 0.5) is 0 Å². The number of hydrogen-bond acceptors (Lipinski definition) is 2. The third kappa shape index (κ3) is 3.17. The third-order valence-corrected chi connectivity index (χ3v) is 2.79. The molecule has 0 saturated heterocycles. The van der Waals surface area contributed by atoms with Crippen molar-refractivity contribution >= 4 is 34.5 Å². The molecule has 0 unspecified atom stereocenters. The lowest BCUT2D eigenvalue weighted by Gasteiger charge is -1.96. The standard InChI is InChI=1S/C14H12ClNO3/c1-19-13(14(17)18)4-2-3-11-8-9-7-10(15)5-6-12(9)16-11/h2-8,16H,1H3,(H,17,18)/b3-2+,13-4+. The van der Waals surface area contributed by atoms with Crippen molar-refractivity contribution in [1.82, 2.24) is 4.98 Å². The molecule has 4 nitrogen and oxygen atoms in total. The Bertz CT molecular complexity index is 670. The number of methoxy groups -OCH3 is 1. The average Bonchev–Trinajstić information content (AvgIpc) is 2.75. The molecule has 2 rings (SSSR count). The van der Waals surface area contributed by atoms with Crippen molar-refractivity contribution in [2.75, 3.05) is 7.11 Å². The second kappa shape index (κ2) is 5.63. The Hall–Kier alpha value is -2.20. The van der Waals surface area contributed by atoms with Crippen molar-refractivity contribution in [3.8, 4) is 0 Å². The molecule has 0 aliphatic rings. The highest BCUT2D eigenvalue weighted by atomic mass is 35.5. The Morgan fingerprint density at radius 2 is 2.21 bits per heavy atom. The molecule has 19 heavy (non-hydrogen) atoms. The number of carboxylic acid groups (broad SMARTS) is 1. The lowest BCUT2D eigenvalue weighted by Crippen LogP contribution is -2.01. The average molecular weight is 278 g/mol. The number of aliphatic carboxylic acids is 1. The summed E-state index contributed by atoms with van der Waals surface area (Å²) in [7, 11) is 1.32. The molecule has 1 heterocycles. The molecule has 98 valence electrons. The maximum absolute atomic E-state index is 10.7. The van der Waals surface area contributed by atoms with E-state index in [0.29, 0.717) is 5.02 Å². The highest BCUT2D eigenvalue weighted by molar-refractivity contribution is 6.31. The molecule has 5 heteroatoms. The summed E-state index contributed by atoms with van der Waals surface area (Å²) in [5.74, 6) is -1.22. The summed E-state index contributed by atoms with van der Waals surface area (Å²) in [5.41, 5.74) is 1.83. The van der Waals surface area contributed by atoms with Crippen LogP contribution in [0, 0.1) is 0 Å². The van der Waals surface area contributed by atoms with Crippen molar-refractivity contribution < 1.29 is 14.6 Å². The Labute approximate surface area is 115 Å².